The zero-order valence-corrected chi connectivity index (χ0v) is 15.2. The molecular weight excluding hydrogens is 336 g/mol. The van der Waals surface area contributed by atoms with Crippen molar-refractivity contribution in [1.29, 1.82) is 0 Å². The number of carbonyl (C=O) groups is 1. The third-order valence-electron chi connectivity index (χ3n) is 4.41. The fourth-order valence-corrected chi connectivity index (χ4v) is 3.88. The van der Waals surface area contributed by atoms with Gasteiger partial charge in [0.25, 0.3) is 5.56 Å². The molecule has 0 N–H and O–H groups in total. The third-order valence-corrected chi connectivity index (χ3v) is 5.36. The van der Waals surface area contributed by atoms with E-state index in [0.29, 0.717) is 22.6 Å². The Balaban J connectivity index is 1.91. The van der Waals surface area contributed by atoms with Gasteiger partial charge in [-0.2, -0.15) is 0 Å². The summed E-state index contributed by atoms with van der Waals surface area (Å²) < 4.78 is 6.40. The highest BCUT2D eigenvalue weighted by Crippen LogP contribution is 2.23. The molecule has 0 radical (unpaired) electrons. The van der Waals surface area contributed by atoms with Crippen LogP contribution in [0.4, 0.5) is 0 Å². The van der Waals surface area contributed by atoms with Gasteiger partial charge < -0.3 is 4.74 Å². The van der Waals surface area contributed by atoms with Crippen molar-refractivity contribution in [3.05, 3.63) is 46.3 Å². The number of hydrogen-bond acceptors (Lipinski definition) is 5. The first kappa shape index (κ1) is 17.7. The molecular formula is C19H22N2O3S. The maximum absolute atomic E-state index is 12.9. The molecule has 0 amide bonds. The number of hydrogen-bond donors (Lipinski definition) is 0. The number of ether oxygens (including phenoxy) is 1. The van der Waals surface area contributed by atoms with E-state index in [1.807, 2.05) is 18.2 Å². The number of nitrogens with zero attached hydrogens (tertiary/aromatic N) is 2. The zero-order chi connectivity index (χ0) is 17.6. The van der Waals surface area contributed by atoms with Gasteiger partial charge in [0, 0.05) is 6.54 Å². The second-order valence-electron chi connectivity index (χ2n) is 6.09. The number of benzene rings is 1. The van der Waals surface area contributed by atoms with E-state index >= 15 is 0 Å². The number of rotatable bonds is 6. The molecule has 5 nitrogen and oxygen atoms in total. The van der Waals surface area contributed by atoms with Gasteiger partial charge in [-0.15, -0.1) is 0 Å². The summed E-state index contributed by atoms with van der Waals surface area (Å²) in [6.45, 7) is 0.589. The first-order chi connectivity index (χ1) is 12.2. The molecule has 3 rings (SSSR count). The number of methoxy groups -OCH3 is 1. The minimum Gasteiger partial charge on any atom is -0.468 e. The van der Waals surface area contributed by atoms with Crippen LogP contribution < -0.4 is 5.56 Å². The minimum atomic E-state index is -0.325. The SMILES string of the molecule is COC(=O)CSc1nc2ccccc2c(=O)n1CCC1=CCCCC1. The third kappa shape index (κ3) is 4.31. The molecule has 0 saturated heterocycles. The predicted octanol–water partition coefficient (Wildman–Crippen LogP) is 3.55. The highest BCUT2D eigenvalue weighted by atomic mass is 32.2. The highest BCUT2D eigenvalue weighted by molar-refractivity contribution is 7.99. The van der Waals surface area contributed by atoms with Crippen LogP contribution in [-0.4, -0.2) is 28.4 Å². The van der Waals surface area contributed by atoms with E-state index in [4.69, 9.17) is 4.74 Å². The molecule has 0 atom stereocenters. The molecule has 2 aromatic rings. The molecule has 1 aliphatic rings. The lowest BCUT2D eigenvalue weighted by atomic mass is 9.97. The van der Waals surface area contributed by atoms with E-state index < -0.39 is 0 Å². The fourth-order valence-electron chi connectivity index (χ4n) is 3.02. The Labute approximate surface area is 151 Å². The van der Waals surface area contributed by atoms with E-state index in [1.54, 1.807) is 10.6 Å². The van der Waals surface area contributed by atoms with Crippen molar-refractivity contribution in [1.82, 2.24) is 9.55 Å². The van der Waals surface area contributed by atoms with Crippen LogP contribution in [0.25, 0.3) is 10.9 Å². The number of allylic oxidation sites excluding steroid dienone is 2. The van der Waals surface area contributed by atoms with Crippen LogP contribution >= 0.6 is 11.8 Å². The second-order valence-corrected chi connectivity index (χ2v) is 7.03. The number of aromatic nitrogens is 2. The molecule has 6 heteroatoms. The zero-order valence-electron chi connectivity index (χ0n) is 14.4. The summed E-state index contributed by atoms with van der Waals surface area (Å²) in [5.41, 5.74) is 2.03. The standard InChI is InChI=1S/C19H22N2O3S/c1-24-17(22)13-25-19-20-16-10-6-5-9-15(16)18(23)21(19)12-11-14-7-3-2-4-8-14/h5-7,9-10H,2-4,8,11-13H2,1H3. The number of para-hydroxylation sites is 1. The molecule has 1 heterocycles. The van der Waals surface area contributed by atoms with E-state index in [1.165, 1.54) is 37.3 Å². The van der Waals surface area contributed by atoms with Crippen LogP contribution in [0.5, 0.6) is 0 Å². The summed E-state index contributed by atoms with van der Waals surface area (Å²) in [6.07, 6.45) is 7.86. The number of fused-ring (bicyclic) bond motifs is 1. The molecule has 0 unspecified atom stereocenters. The lowest BCUT2D eigenvalue weighted by Crippen LogP contribution is -2.24. The van der Waals surface area contributed by atoms with Gasteiger partial charge in [-0.3, -0.25) is 14.2 Å². The van der Waals surface area contributed by atoms with Crippen LogP contribution in [0.3, 0.4) is 0 Å². The quantitative estimate of drug-likeness (QED) is 0.342. The largest absolute Gasteiger partial charge is 0.468 e. The summed E-state index contributed by atoms with van der Waals surface area (Å²) in [4.78, 5) is 29.0. The average Bonchev–Trinajstić information content (AvgIpc) is 2.66. The molecule has 1 aliphatic carbocycles. The first-order valence-electron chi connectivity index (χ1n) is 8.56. The summed E-state index contributed by atoms with van der Waals surface area (Å²) in [5, 5.41) is 1.19. The average molecular weight is 358 g/mol. The Morgan fingerprint density at radius 3 is 2.92 bits per heavy atom. The Hall–Kier alpha value is -2.08. The Kier molecular flexibility index (Phi) is 5.91. The monoisotopic (exact) mass is 358 g/mol. The molecule has 0 bridgehead atoms. The van der Waals surface area contributed by atoms with Crippen molar-refractivity contribution in [2.45, 2.75) is 43.8 Å². The minimum absolute atomic E-state index is 0.0469. The lowest BCUT2D eigenvalue weighted by molar-refractivity contribution is -0.137. The Morgan fingerprint density at radius 1 is 1.32 bits per heavy atom. The molecule has 25 heavy (non-hydrogen) atoms. The van der Waals surface area contributed by atoms with Crippen LogP contribution in [0.2, 0.25) is 0 Å². The predicted molar refractivity (Wildman–Crippen MR) is 99.9 cm³/mol. The topological polar surface area (TPSA) is 61.2 Å². The van der Waals surface area contributed by atoms with Gasteiger partial charge in [0.2, 0.25) is 0 Å². The van der Waals surface area contributed by atoms with Crippen molar-refractivity contribution in [3.8, 4) is 0 Å². The van der Waals surface area contributed by atoms with E-state index in [9.17, 15) is 9.59 Å². The van der Waals surface area contributed by atoms with Gasteiger partial charge in [0.1, 0.15) is 0 Å². The summed E-state index contributed by atoms with van der Waals surface area (Å²) in [7, 11) is 1.36. The van der Waals surface area contributed by atoms with Crippen LogP contribution in [0.1, 0.15) is 32.1 Å². The molecule has 0 fully saturated rings. The highest BCUT2D eigenvalue weighted by Gasteiger charge is 2.14. The van der Waals surface area contributed by atoms with Crippen LogP contribution in [0.15, 0.2) is 45.9 Å². The molecule has 1 aromatic carbocycles. The van der Waals surface area contributed by atoms with Crippen molar-refractivity contribution < 1.29 is 9.53 Å². The second kappa shape index (κ2) is 8.34. The van der Waals surface area contributed by atoms with E-state index in [2.05, 4.69) is 11.1 Å². The number of thioether (sulfide) groups is 1. The molecule has 0 spiro atoms. The summed E-state index contributed by atoms with van der Waals surface area (Å²) in [5.74, 6) is -0.182. The number of carbonyl (C=O) groups excluding carboxylic acids is 1. The maximum Gasteiger partial charge on any atom is 0.316 e. The van der Waals surface area contributed by atoms with Gasteiger partial charge in [-0.1, -0.05) is 35.5 Å². The van der Waals surface area contributed by atoms with Gasteiger partial charge in [0.15, 0.2) is 5.16 Å². The van der Waals surface area contributed by atoms with Gasteiger partial charge in [0.05, 0.1) is 23.8 Å². The fraction of sp³-hybridized carbons (Fsp3) is 0.421. The molecule has 132 valence electrons. The molecule has 1 aromatic heterocycles. The van der Waals surface area contributed by atoms with Crippen molar-refractivity contribution in [2.24, 2.45) is 0 Å². The van der Waals surface area contributed by atoms with Crippen molar-refractivity contribution in [2.75, 3.05) is 12.9 Å². The Morgan fingerprint density at radius 2 is 2.16 bits per heavy atom. The first-order valence-corrected chi connectivity index (χ1v) is 9.54. The smallest absolute Gasteiger partial charge is 0.316 e. The van der Waals surface area contributed by atoms with Crippen molar-refractivity contribution in [3.63, 3.8) is 0 Å². The maximum atomic E-state index is 12.9. The van der Waals surface area contributed by atoms with Gasteiger partial charge in [-0.05, 0) is 44.2 Å². The normalized spacial score (nSPS) is 14.4. The molecule has 0 aliphatic heterocycles. The van der Waals surface area contributed by atoms with Crippen LogP contribution in [0, 0.1) is 0 Å². The van der Waals surface area contributed by atoms with Gasteiger partial charge in [-0.25, -0.2) is 4.98 Å². The van der Waals surface area contributed by atoms with Crippen molar-refractivity contribution >= 4 is 28.6 Å². The Bertz CT molecular complexity index is 857. The number of esters is 1. The van der Waals surface area contributed by atoms with E-state index in [0.717, 1.165) is 19.3 Å². The summed E-state index contributed by atoms with van der Waals surface area (Å²) >= 11 is 1.25. The lowest BCUT2D eigenvalue weighted by Gasteiger charge is -2.16. The molecule has 0 saturated carbocycles. The van der Waals surface area contributed by atoms with E-state index in [-0.39, 0.29) is 17.3 Å². The summed E-state index contributed by atoms with van der Waals surface area (Å²) in [6, 6.07) is 7.34. The van der Waals surface area contributed by atoms with Crippen LogP contribution in [-0.2, 0) is 16.1 Å². The van der Waals surface area contributed by atoms with Gasteiger partial charge >= 0.3 is 5.97 Å².